The zero-order valence-corrected chi connectivity index (χ0v) is 9.14. The molecule has 3 aromatic rings. The van der Waals surface area contributed by atoms with Crippen LogP contribution in [0.3, 0.4) is 0 Å². The van der Waals surface area contributed by atoms with Crippen molar-refractivity contribution in [1.29, 1.82) is 0 Å². The van der Waals surface area contributed by atoms with Gasteiger partial charge in [0.2, 0.25) is 0 Å². The molecule has 0 saturated heterocycles. The summed E-state index contributed by atoms with van der Waals surface area (Å²) in [5.74, 6) is 0. The Morgan fingerprint density at radius 3 is 3.07 bits per heavy atom. The normalized spacial score (nSPS) is 11.0. The van der Waals surface area contributed by atoms with Gasteiger partial charge in [0, 0.05) is 17.1 Å². The summed E-state index contributed by atoms with van der Waals surface area (Å²) >= 11 is 7.76. The number of aromatic nitrogens is 3. The van der Waals surface area contributed by atoms with Crippen molar-refractivity contribution in [3.63, 3.8) is 0 Å². The summed E-state index contributed by atoms with van der Waals surface area (Å²) in [6.07, 6.45) is 1.67. The number of nitrogens with one attached hydrogen (secondary N) is 1. The molecule has 74 valence electrons. The van der Waals surface area contributed by atoms with Crippen molar-refractivity contribution < 1.29 is 0 Å². The Hall–Kier alpha value is -1.39. The number of rotatable bonds is 1. The molecule has 3 nitrogen and oxygen atoms in total. The SMILES string of the molecule is Clc1ccnc2[nH]nc(-c3ccsc3)c12. The number of fused-ring (bicyclic) bond motifs is 1. The highest BCUT2D eigenvalue weighted by molar-refractivity contribution is 7.08. The van der Waals surface area contributed by atoms with Crippen LogP contribution in [0.1, 0.15) is 0 Å². The van der Waals surface area contributed by atoms with E-state index >= 15 is 0 Å². The van der Waals surface area contributed by atoms with E-state index in [2.05, 4.69) is 15.2 Å². The van der Waals surface area contributed by atoms with Crippen molar-refractivity contribution in [2.75, 3.05) is 0 Å². The molecule has 3 aromatic heterocycles. The summed E-state index contributed by atoms with van der Waals surface area (Å²) < 4.78 is 0. The molecule has 0 radical (unpaired) electrons. The molecule has 0 aliphatic carbocycles. The molecular formula is C10H6ClN3S. The second-order valence-corrected chi connectivity index (χ2v) is 4.29. The number of aromatic amines is 1. The van der Waals surface area contributed by atoms with Gasteiger partial charge >= 0.3 is 0 Å². The lowest BCUT2D eigenvalue weighted by Gasteiger charge is -1.94. The predicted octanol–water partition coefficient (Wildman–Crippen LogP) is 3.34. The lowest BCUT2D eigenvalue weighted by Crippen LogP contribution is -1.76. The third-order valence-corrected chi connectivity index (χ3v) is 3.20. The first-order valence-electron chi connectivity index (χ1n) is 4.37. The molecule has 3 heterocycles. The quantitative estimate of drug-likeness (QED) is 0.703. The Balaban J connectivity index is 2.37. The van der Waals surface area contributed by atoms with E-state index in [1.807, 2.05) is 16.8 Å². The fourth-order valence-corrected chi connectivity index (χ4v) is 2.40. The van der Waals surface area contributed by atoms with Gasteiger partial charge in [-0.1, -0.05) is 11.6 Å². The third-order valence-electron chi connectivity index (χ3n) is 2.21. The first-order chi connectivity index (χ1) is 7.36. The van der Waals surface area contributed by atoms with E-state index < -0.39 is 0 Å². The summed E-state index contributed by atoms with van der Waals surface area (Å²) in [4.78, 5) is 4.17. The molecule has 0 aliphatic rings. The number of hydrogen-bond donors (Lipinski definition) is 1. The Kier molecular flexibility index (Phi) is 1.97. The second-order valence-electron chi connectivity index (χ2n) is 3.10. The van der Waals surface area contributed by atoms with Crippen LogP contribution >= 0.6 is 22.9 Å². The molecule has 0 aliphatic heterocycles. The second kappa shape index (κ2) is 3.32. The van der Waals surface area contributed by atoms with E-state index in [4.69, 9.17) is 11.6 Å². The van der Waals surface area contributed by atoms with Gasteiger partial charge in [0.15, 0.2) is 5.65 Å². The zero-order valence-electron chi connectivity index (χ0n) is 7.57. The maximum atomic E-state index is 6.12. The van der Waals surface area contributed by atoms with Gasteiger partial charge in [-0.05, 0) is 17.5 Å². The van der Waals surface area contributed by atoms with Crippen molar-refractivity contribution in [2.45, 2.75) is 0 Å². The fourth-order valence-electron chi connectivity index (χ4n) is 1.52. The molecule has 0 saturated carbocycles. The van der Waals surface area contributed by atoms with Crippen LogP contribution in [0.15, 0.2) is 29.1 Å². The molecular weight excluding hydrogens is 230 g/mol. The molecule has 0 aromatic carbocycles. The smallest absolute Gasteiger partial charge is 0.157 e. The molecule has 3 rings (SSSR count). The van der Waals surface area contributed by atoms with Gasteiger partial charge in [-0.3, -0.25) is 5.10 Å². The molecule has 5 heteroatoms. The van der Waals surface area contributed by atoms with Gasteiger partial charge in [-0.2, -0.15) is 16.4 Å². The predicted molar refractivity (Wildman–Crippen MR) is 62.2 cm³/mol. The van der Waals surface area contributed by atoms with Crippen LogP contribution < -0.4 is 0 Å². The highest BCUT2D eigenvalue weighted by atomic mass is 35.5. The van der Waals surface area contributed by atoms with Crippen LogP contribution in [0.5, 0.6) is 0 Å². The Labute approximate surface area is 94.7 Å². The van der Waals surface area contributed by atoms with Crippen molar-refractivity contribution in [3.8, 4) is 11.3 Å². The Morgan fingerprint density at radius 1 is 1.33 bits per heavy atom. The van der Waals surface area contributed by atoms with Crippen LogP contribution in [0.25, 0.3) is 22.3 Å². The van der Waals surface area contributed by atoms with Gasteiger partial charge in [-0.25, -0.2) is 4.98 Å². The maximum absolute atomic E-state index is 6.12. The summed E-state index contributed by atoms with van der Waals surface area (Å²) in [7, 11) is 0. The maximum Gasteiger partial charge on any atom is 0.157 e. The number of thiophene rings is 1. The standard InChI is InChI=1S/C10H6ClN3S/c11-7-1-3-12-10-8(7)9(13-14-10)6-2-4-15-5-6/h1-5H,(H,12,13,14). The van der Waals surface area contributed by atoms with Crippen molar-refractivity contribution >= 4 is 34.0 Å². The molecule has 1 N–H and O–H groups in total. The van der Waals surface area contributed by atoms with Crippen LogP contribution in [-0.4, -0.2) is 15.2 Å². The van der Waals surface area contributed by atoms with Gasteiger partial charge in [-0.15, -0.1) is 0 Å². The average Bonchev–Trinajstić information content (AvgIpc) is 2.85. The zero-order chi connectivity index (χ0) is 10.3. The van der Waals surface area contributed by atoms with E-state index in [0.717, 1.165) is 22.3 Å². The highest BCUT2D eigenvalue weighted by Crippen LogP contribution is 2.31. The summed E-state index contributed by atoms with van der Waals surface area (Å²) in [6.45, 7) is 0. The molecule has 0 amide bonds. The molecule has 15 heavy (non-hydrogen) atoms. The van der Waals surface area contributed by atoms with Crippen molar-refractivity contribution in [1.82, 2.24) is 15.2 Å². The molecule has 0 spiro atoms. The number of hydrogen-bond acceptors (Lipinski definition) is 3. The number of pyridine rings is 1. The minimum atomic E-state index is 0.676. The molecule has 0 unspecified atom stereocenters. The summed E-state index contributed by atoms with van der Waals surface area (Å²) in [5.41, 5.74) is 2.66. The third kappa shape index (κ3) is 1.33. The van der Waals surface area contributed by atoms with E-state index in [9.17, 15) is 0 Å². The van der Waals surface area contributed by atoms with E-state index in [-0.39, 0.29) is 0 Å². The molecule has 0 fully saturated rings. The van der Waals surface area contributed by atoms with Crippen LogP contribution in [-0.2, 0) is 0 Å². The molecule has 0 atom stereocenters. The van der Waals surface area contributed by atoms with Crippen molar-refractivity contribution in [2.24, 2.45) is 0 Å². The molecule has 0 bridgehead atoms. The topological polar surface area (TPSA) is 41.6 Å². The van der Waals surface area contributed by atoms with Crippen LogP contribution in [0.4, 0.5) is 0 Å². The van der Waals surface area contributed by atoms with E-state index in [0.29, 0.717) is 5.02 Å². The minimum absolute atomic E-state index is 0.676. The first kappa shape index (κ1) is 8.88. The highest BCUT2D eigenvalue weighted by Gasteiger charge is 2.11. The lowest BCUT2D eigenvalue weighted by atomic mass is 10.2. The number of H-pyrrole nitrogens is 1. The Bertz CT molecular complexity index is 600. The van der Waals surface area contributed by atoms with Crippen molar-refractivity contribution in [3.05, 3.63) is 34.1 Å². The van der Waals surface area contributed by atoms with E-state index in [1.165, 1.54) is 0 Å². The van der Waals surface area contributed by atoms with E-state index in [1.54, 1.807) is 23.6 Å². The van der Waals surface area contributed by atoms with Crippen LogP contribution in [0, 0.1) is 0 Å². The average molecular weight is 236 g/mol. The van der Waals surface area contributed by atoms with Crippen LogP contribution in [0.2, 0.25) is 5.02 Å². The van der Waals surface area contributed by atoms with Gasteiger partial charge in [0.1, 0.15) is 5.69 Å². The lowest BCUT2D eigenvalue weighted by molar-refractivity contribution is 1.10. The largest absolute Gasteiger partial charge is 0.260 e. The van der Waals surface area contributed by atoms with Gasteiger partial charge in [0.25, 0.3) is 0 Å². The monoisotopic (exact) mass is 235 g/mol. The minimum Gasteiger partial charge on any atom is -0.260 e. The van der Waals surface area contributed by atoms with Gasteiger partial charge in [0.05, 0.1) is 10.4 Å². The first-order valence-corrected chi connectivity index (χ1v) is 5.69. The number of nitrogens with zero attached hydrogens (tertiary/aromatic N) is 2. The Morgan fingerprint density at radius 2 is 2.27 bits per heavy atom. The summed E-state index contributed by atoms with van der Waals surface area (Å²) in [6, 6.07) is 3.79. The van der Waals surface area contributed by atoms with Gasteiger partial charge < -0.3 is 0 Å². The number of halogens is 1. The summed E-state index contributed by atoms with van der Waals surface area (Å²) in [5, 5.41) is 12.7. The fraction of sp³-hybridized carbons (Fsp3) is 0.